The van der Waals surface area contributed by atoms with E-state index >= 15 is 0 Å². The van der Waals surface area contributed by atoms with E-state index in [1.165, 1.54) is 6.20 Å². The molecule has 1 N–H and O–H groups in total. The van der Waals surface area contributed by atoms with Crippen LogP contribution in [0.1, 0.15) is 5.69 Å². The van der Waals surface area contributed by atoms with Gasteiger partial charge in [-0.15, -0.1) is 5.10 Å². The maximum absolute atomic E-state index is 11.0. The Balaban J connectivity index is 2.24. The summed E-state index contributed by atoms with van der Waals surface area (Å²) in [6.45, 7) is 0.167. The van der Waals surface area contributed by atoms with Gasteiger partial charge in [-0.05, 0) is 12.1 Å². The normalized spacial score (nSPS) is 11.6. The van der Waals surface area contributed by atoms with Gasteiger partial charge in [0.05, 0.1) is 30.4 Å². The lowest BCUT2D eigenvalue weighted by Gasteiger charge is -2.05. The van der Waals surface area contributed by atoms with Crippen LogP contribution in [-0.4, -0.2) is 29.7 Å². The van der Waals surface area contributed by atoms with Crippen molar-refractivity contribution in [2.75, 3.05) is 6.26 Å². The fourth-order valence-electron chi connectivity index (χ4n) is 1.37. The number of nitrogens with zero attached hydrogens (tertiary/aromatic N) is 3. The summed E-state index contributed by atoms with van der Waals surface area (Å²) < 4.78 is 26.0. The van der Waals surface area contributed by atoms with Crippen molar-refractivity contribution in [1.29, 1.82) is 0 Å². The molecule has 1 aromatic carbocycles. The summed E-state index contributed by atoms with van der Waals surface area (Å²) in [5, 5.41) is 7.70. The SMILES string of the molecule is CS(=O)(=O)NCc1cnnn1-c1ccccc1. The van der Waals surface area contributed by atoms with Crippen LogP contribution >= 0.6 is 0 Å². The zero-order valence-corrected chi connectivity index (χ0v) is 10.1. The Hall–Kier alpha value is -1.73. The largest absolute Gasteiger partial charge is 0.216 e. The van der Waals surface area contributed by atoms with Crippen LogP contribution in [0.5, 0.6) is 0 Å². The standard InChI is InChI=1S/C10H12N4O2S/c1-17(15,16)12-8-10-7-11-13-14(10)9-5-3-2-4-6-9/h2-7,12H,8H2,1H3. The molecule has 2 aromatic rings. The van der Waals surface area contributed by atoms with Crippen LogP contribution in [0.15, 0.2) is 36.5 Å². The van der Waals surface area contributed by atoms with Crippen LogP contribution in [0, 0.1) is 0 Å². The first-order valence-corrected chi connectivity index (χ1v) is 6.85. The van der Waals surface area contributed by atoms with Crippen LogP contribution in [0.4, 0.5) is 0 Å². The van der Waals surface area contributed by atoms with E-state index in [0.717, 1.165) is 11.9 Å². The van der Waals surface area contributed by atoms with E-state index in [-0.39, 0.29) is 6.54 Å². The van der Waals surface area contributed by atoms with Gasteiger partial charge in [-0.25, -0.2) is 17.8 Å². The maximum atomic E-state index is 11.0. The van der Waals surface area contributed by atoms with Crippen LogP contribution in [0.25, 0.3) is 5.69 Å². The van der Waals surface area contributed by atoms with E-state index in [0.29, 0.717) is 5.69 Å². The second kappa shape index (κ2) is 4.64. The number of aromatic nitrogens is 3. The molecule has 0 fully saturated rings. The Kier molecular flexibility index (Phi) is 3.21. The van der Waals surface area contributed by atoms with Crippen molar-refractivity contribution < 1.29 is 8.42 Å². The average molecular weight is 252 g/mol. The molecule has 0 atom stereocenters. The topological polar surface area (TPSA) is 76.9 Å². The van der Waals surface area contributed by atoms with Gasteiger partial charge in [-0.2, -0.15) is 0 Å². The third kappa shape index (κ3) is 3.11. The molecular weight excluding hydrogens is 240 g/mol. The highest BCUT2D eigenvalue weighted by molar-refractivity contribution is 7.88. The lowest BCUT2D eigenvalue weighted by molar-refractivity contribution is 0.585. The summed E-state index contributed by atoms with van der Waals surface area (Å²) in [6.07, 6.45) is 2.65. The van der Waals surface area contributed by atoms with E-state index in [9.17, 15) is 8.42 Å². The highest BCUT2D eigenvalue weighted by Gasteiger charge is 2.08. The highest BCUT2D eigenvalue weighted by atomic mass is 32.2. The summed E-state index contributed by atoms with van der Waals surface area (Å²) >= 11 is 0. The van der Waals surface area contributed by atoms with E-state index in [1.807, 2.05) is 30.3 Å². The van der Waals surface area contributed by atoms with Crippen molar-refractivity contribution >= 4 is 10.0 Å². The summed E-state index contributed by atoms with van der Waals surface area (Å²) in [5.41, 5.74) is 1.52. The smallest absolute Gasteiger partial charge is 0.209 e. The van der Waals surface area contributed by atoms with Gasteiger partial charge >= 0.3 is 0 Å². The molecule has 0 aliphatic rings. The lowest BCUT2D eigenvalue weighted by Crippen LogP contribution is -2.22. The average Bonchev–Trinajstić information content (AvgIpc) is 2.75. The Morgan fingerprint density at radius 2 is 2.00 bits per heavy atom. The number of nitrogens with one attached hydrogen (secondary N) is 1. The van der Waals surface area contributed by atoms with Crippen molar-refractivity contribution in [2.24, 2.45) is 0 Å². The first-order valence-electron chi connectivity index (χ1n) is 4.96. The molecule has 0 unspecified atom stereocenters. The minimum absolute atomic E-state index is 0.167. The Bertz CT molecular complexity index is 592. The van der Waals surface area contributed by atoms with Crippen molar-refractivity contribution in [1.82, 2.24) is 19.7 Å². The van der Waals surface area contributed by atoms with Gasteiger partial charge in [0.1, 0.15) is 0 Å². The number of benzene rings is 1. The van der Waals surface area contributed by atoms with Gasteiger partial charge in [0.25, 0.3) is 0 Å². The molecule has 0 saturated heterocycles. The Labute approximate surface area is 99.3 Å². The van der Waals surface area contributed by atoms with Crippen LogP contribution in [-0.2, 0) is 16.6 Å². The molecule has 0 spiro atoms. The van der Waals surface area contributed by atoms with Crippen molar-refractivity contribution in [2.45, 2.75) is 6.54 Å². The van der Waals surface area contributed by atoms with Crippen LogP contribution in [0.2, 0.25) is 0 Å². The second-order valence-electron chi connectivity index (χ2n) is 3.57. The first-order chi connectivity index (χ1) is 8.06. The molecule has 0 aliphatic carbocycles. The van der Waals surface area contributed by atoms with E-state index in [4.69, 9.17) is 0 Å². The fraction of sp³-hybridized carbons (Fsp3) is 0.200. The molecule has 0 radical (unpaired) electrons. The van der Waals surface area contributed by atoms with Gasteiger partial charge in [0.2, 0.25) is 10.0 Å². The summed E-state index contributed by atoms with van der Waals surface area (Å²) in [6, 6.07) is 9.40. The minimum atomic E-state index is -3.22. The van der Waals surface area contributed by atoms with E-state index in [1.54, 1.807) is 4.68 Å². The zero-order valence-electron chi connectivity index (χ0n) is 9.24. The molecule has 17 heavy (non-hydrogen) atoms. The molecule has 0 saturated carbocycles. The number of hydrogen-bond donors (Lipinski definition) is 1. The molecule has 0 bridgehead atoms. The second-order valence-corrected chi connectivity index (χ2v) is 5.40. The molecular formula is C10H12N4O2S. The molecule has 90 valence electrons. The van der Waals surface area contributed by atoms with Crippen LogP contribution < -0.4 is 4.72 Å². The Morgan fingerprint density at radius 3 is 2.65 bits per heavy atom. The van der Waals surface area contributed by atoms with Gasteiger partial charge in [-0.1, -0.05) is 23.4 Å². The quantitative estimate of drug-likeness (QED) is 0.850. The predicted molar refractivity (Wildman–Crippen MR) is 63.0 cm³/mol. The van der Waals surface area contributed by atoms with Gasteiger partial charge in [0.15, 0.2) is 0 Å². The monoisotopic (exact) mass is 252 g/mol. The van der Waals surface area contributed by atoms with Crippen molar-refractivity contribution in [3.05, 3.63) is 42.2 Å². The van der Waals surface area contributed by atoms with Gasteiger partial charge < -0.3 is 0 Å². The molecule has 1 heterocycles. The summed E-state index contributed by atoms with van der Waals surface area (Å²) in [7, 11) is -3.22. The number of para-hydroxylation sites is 1. The number of sulfonamides is 1. The molecule has 0 aliphatic heterocycles. The zero-order chi connectivity index (χ0) is 12.3. The number of hydrogen-bond acceptors (Lipinski definition) is 4. The summed E-state index contributed by atoms with van der Waals surface area (Å²) in [5.74, 6) is 0. The van der Waals surface area contributed by atoms with E-state index < -0.39 is 10.0 Å². The molecule has 6 nitrogen and oxygen atoms in total. The fourth-order valence-corrected chi connectivity index (χ4v) is 1.78. The first kappa shape index (κ1) is 11.7. The molecule has 0 amide bonds. The van der Waals surface area contributed by atoms with Gasteiger partial charge in [0, 0.05) is 0 Å². The third-order valence-electron chi connectivity index (χ3n) is 2.14. The Morgan fingerprint density at radius 1 is 1.29 bits per heavy atom. The third-order valence-corrected chi connectivity index (χ3v) is 2.80. The molecule has 2 rings (SSSR count). The van der Waals surface area contributed by atoms with Crippen molar-refractivity contribution in [3.8, 4) is 5.69 Å². The highest BCUT2D eigenvalue weighted by Crippen LogP contribution is 2.08. The lowest BCUT2D eigenvalue weighted by atomic mass is 10.3. The van der Waals surface area contributed by atoms with Crippen LogP contribution in [0.3, 0.4) is 0 Å². The summed E-state index contributed by atoms with van der Waals surface area (Å²) in [4.78, 5) is 0. The predicted octanol–water partition coefficient (Wildman–Crippen LogP) is 0.316. The maximum Gasteiger partial charge on any atom is 0.209 e. The minimum Gasteiger partial charge on any atom is -0.216 e. The van der Waals surface area contributed by atoms with Crippen molar-refractivity contribution in [3.63, 3.8) is 0 Å². The molecule has 7 heteroatoms. The van der Waals surface area contributed by atoms with Gasteiger partial charge in [-0.3, -0.25) is 0 Å². The molecule has 1 aromatic heterocycles. The van der Waals surface area contributed by atoms with E-state index in [2.05, 4.69) is 15.0 Å². The number of rotatable bonds is 4.